The van der Waals surface area contributed by atoms with Gasteiger partial charge in [0.05, 0.1) is 18.7 Å². The van der Waals surface area contributed by atoms with Crippen molar-refractivity contribution in [2.24, 2.45) is 4.99 Å². The molecule has 1 aromatic carbocycles. The van der Waals surface area contributed by atoms with Crippen LogP contribution >= 0.6 is 35.3 Å². The monoisotopic (exact) mass is 558 g/mol. The molecule has 0 radical (unpaired) electrons. The number of guanidine groups is 1. The second kappa shape index (κ2) is 12.8. The molecule has 1 aromatic heterocycles. The lowest BCUT2D eigenvalue weighted by Gasteiger charge is -2.15. The number of thiazole rings is 1. The second-order valence-corrected chi connectivity index (χ2v) is 7.07. The number of halogens is 4. The number of rotatable bonds is 9. The molecule has 1 atom stereocenters. The van der Waals surface area contributed by atoms with Crippen molar-refractivity contribution in [3.05, 3.63) is 40.3 Å². The smallest absolute Gasteiger partial charge is 0.434 e. The predicted octanol–water partition coefficient (Wildman–Crippen LogP) is 4.35. The Morgan fingerprint density at radius 2 is 2.00 bits per heavy atom. The molecule has 2 rings (SSSR count). The zero-order valence-corrected chi connectivity index (χ0v) is 20.1. The van der Waals surface area contributed by atoms with Crippen LogP contribution < -0.4 is 20.1 Å². The lowest BCUT2D eigenvalue weighted by atomic mass is 10.3. The molecule has 168 valence electrons. The summed E-state index contributed by atoms with van der Waals surface area (Å²) in [6, 6.07) is 7.32. The summed E-state index contributed by atoms with van der Waals surface area (Å²) in [6.07, 6.45) is -4.20. The zero-order valence-electron chi connectivity index (χ0n) is 17.0. The maximum Gasteiger partial charge on any atom is 0.434 e. The van der Waals surface area contributed by atoms with Crippen molar-refractivity contribution in [2.45, 2.75) is 32.5 Å². The third kappa shape index (κ3) is 8.94. The number of ether oxygens (including phenoxy) is 2. The maximum atomic E-state index is 12.6. The highest BCUT2D eigenvalue weighted by Gasteiger charge is 2.33. The van der Waals surface area contributed by atoms with Gasteiger partial charge >= 0.3 is 6.18 Å². The van der Waals surface area contributed by atoms with Crippen LogP contribution in [0.5, 0.6) is 11.5 Å². The fraction of sp³-hybridized carbons (Fsp3) is 0.474. The second-order valence-electron chi connectivity index (χ2n) is 6.13. The normalized spacial score (nSPS) is 12.7. The van der Waals surface area contributed by atoms with Crippen LogP contribution in [0.15, 0.2) is 34.6 Å². The molecule has 2 aromatic rings. The van der Waals surface area contributed by atoms with Crippen LogP contribution in [0.4, 0.5) is 13.2 Å². The molecule has 2 N–H and O–H groups in total. The van der Waals surface area contributed by atoms with E-state index in [2.05, 4.69) is 20.6 Å². The maximum absolute atomic E-state index is 12.6. The van der Waals surface area contributed by atoms with Crippen molar-refractivity contribution < 1.29 is 22.6 Å². The van der Waals surface area contributed by atoms with Gasteiger partial charge < -0.3 is 20.1 Å². The van der Waals surface area contributed by atoms with Crippen LogP contribution in [0.2, 0.25) is 0 Å². The fourth-order valence-corrected chi connectivity index (χ4v) is 3.15. The minimum Gasteiger partial charge on any atom is -0.497 e. The quantitative estimate of drug-likeness (QED) is 0.272. The van der Waals surface area contributed by atoms with Crippen molar-refractivity contribution >= 4 is 41.3 Å². The summed E-state index contributed by atoms with van der Waals surface area (Å²) < 4.78 is 48.8. The summed E-state index contributed by atoms with van der Waals surface area (Å²) in [5.41, 5.74) is -0.846. The summed E-state index contributed by atoms with van der Waals surface area (Å²) >= 11 is 1.00. The number of nitrogens with zero attached hydrogens (tertiary/aromatic N) is 2. The third-order valence-electron chi connectivity index (χ3n) is 3.70. The Kier molecular flexibility index (Phi) is 11.2. The molecule has 0 aliphatic heterocycles. The summed E-state index contributed by atoms with van der Waals surface area (Å²) in [6.45, 7) is 5.32. The van der Waals surface area contributed by atoms with Gasteiger partial charge in [-0.25, -0.2) is 9.98 Å². The van der Waals surface area contributed by atoms with Crippen LogP contribution in [0.25, 0.3) is 0 Å². The molecule has 0 aliphatic carbocycles. The molecule has 30 heavy (non-hydrogen) atoms. The minimum atomic E-state index is -4.41. The van der Waals surface area contributed by atoms with E-state index in [9.17, 15) is 13.2 Å². The van der Waals surface area contributed by atoms with Crippen LogP contribution in [0.1, 0.15) is 24.5 Å². The summed E-state index contributed by atoms with van der Waals surface area (Å²) in [5.74, 6) is 1.97. The van der Waals surface area contributed by atoms with Crippen molar-refractivity contribution in [1.29, 1.82) is 0 Å². The van der Waals surface area contributed by atoms with Crippen molar-refractivity contribution in [3.8, 4) is 11.5 Å². The molecular formula is C19H26F3IN4O2S. The largest absolute Gasteiger partial charge is 0.497 e. The Bertz CT molecular complexity index is 802. The molecule has 11 heteroatoms. The van der Waals surface area contributed by atoms with Gasteiger partial charge in [-0.05, 0) is 26.0 Å². The summed E-state index contributed by atoms with van der Waals surface area (Å²) in [7, 11) is 1.59. The van der Waals surface area contributed by atoms with Gasteiger partial charge in [-0.2, -0.15) is 13.2 Å². The van der Waals surface area contributed by atoms with Gasteiger partial charge in [-0.3, -0.25) is 0 Å². The SMILES string of the molecule is CCNC(=NCC(C)Oc1cccc(OC)c1)NCCc1nc(C(F)(F)F)cs1.I. The van der Waals surface area contributed by atoms with Gasteiger partial charge in [0.15, 0.2) is 11.7 Å². The van der Waals surface area contributed by atoms with E-state index in [1.165, 1.54) is 0 Å². The first kappa shape index (κ1) is 26.3. The molecule has 1 unspecified atom stereocenters. The van der Waals surface area contributed by atoms with Gasteiger partial charge in [0.25, 0.3) is 0 Å². The van der Waals surface area contributed by atoms with Crippen LogP contribution in [-0.2, 0) is 12.6 Å². The average molecular weight is 558 g/mol. The number of hydrogen-bond donors (Lipinski definition) is 2. The molecule has 0 saturated heterocycles. The standard InChI is InChI=1S/C19H25F3N4O2S.HI/c1-4-23-18(24-9-8-17-26-16(12-29-17)19(20,21)22)25-11-13(2)28-15-7-5-6-14(10-15)27-3;/h5-7,10,12-13H,4,8-9,11H2,1-3H3,(H2,23,24,25);1H. The predicted molar refractivity (Wildman–Crippen MR) is 123 cm³/mol. The summed E-state index contributed by atoms with van der Waals surface area (Å²) in [4.78, 5) is 8.09. The van der Waals surface area contributed by atoms with E-state index in [1.54, 1.807) is 13.2 Å². The molecular weight excluding hydrogens is 532 g/mol. The highest BCUT2D eigenvalue weighted by Crippen LogP contribution is 2.30. The highest BCUT2D eigenvalue weighted by atomic mass is 127. The highest BCUT2D eigenvalue weighted by molar-refractivity contribution is 14.0. The molecule has 0 fully saturated rings. The number of hydrogen-bond acceptors (Lipinski definition) is 5. The van der Waals surface area contributed by atoms with Crippen LogP contribution in [0, 0.1) is 0 Å². The number of aliphatic imine (C=N–C) groups is 1. The van der Waals surface area contributed by atoms with E-state index < -0.39 is 11.9 Å². The number of methoxy groups -OCH3 is 1. The molecule has 0 aliphatic rings. The van der Waals surface area contributed by atoms with Crippen LogP contribution in [0.3, 0.4) is 0 Å². The lowest BCUT2D eigenvalue weighted by Crippen LogP contribution is -2.39. The van der Waals surface area contributed by atoms with Gasteiger partial charge in [-0.1, -0.05) is 6.07 Å². The third-order valence-corrected chi connectivity index (χ3v) is 4.61. The Morgan fingerprint density at radius 3 is 2.63 bits per heavy atom. The molecule has 6 nitrogen and oxygen atoms in total. The van der Waals surface area contributed by atoms with Crippen molar-refractivity contribution in [3.63, 3.8) is 0 Å². The van der Waals surface area contributed by atoms with E-state index in [0.717, 1.165) is 16.7 Å². The van der Waals surface area contributed by atoms with E-state index in [-0.39, 0.29) is 30.1 Å². The fourth-order valence-electron chi connectivity index (χ4n) is 2.35. The minimum absolute atomic E-state index is 0. The topological polar surface area (TPSA) is 67.8 Å². The van der Waals surface area contributed by atoms with Crippen molar-refractivity contribution in [1.82, 2.24) is 15.6 Å². The number of aromatic nitrogens is 1. The van der Waals surface area contributed by atoms with E-state index in [4.69, 9.17) is 9.47 Å². The number of benzene rings is 1. The Labute approximate surface area is 195 Å². The van der Waals surface area contributed by atoms with Gasteiger partial charge in [0, 0.05) is 31.0 Å². The Hall–Kier alpha value is -1.76. The lowest BCUT2D eigenvalue weighted by molar-refractivity contribution is -0.140. The summed E-state index contributed by atoms with van der Waals surface area (Å²) in [5, 5.41) is 7.67. The average Bonchev–Trinajstić information content (AvgIpc) is 3.15. The molecule has 0 bridgehead atoms. The van der Waals surface area contributed by atoms with Gasteiger partial charge in [-0.15, -0.1) is 35.3 Å². The van der Waals surface area contributed by atoms with Gasteiger partial charge in [0.2, 0.25) is 0 Å². The molecule has 0 spiro atoms. The van der Waals surface area contributed by atoms with E-state index >= 15 is 0 Å². The first-order valence-corrected chi connectivity index (χ1v) is 10.0. The number of nitrogens with one attached hydrogen (secondary N) is 2. The van der Waals surface area contributed by atoms with E-state index in [1.807, 2.05) is 32.0 Å². The number of alkyl halides is 3. The van der Waals surface area contributed by atoms with Crippen LogP contribution in [-0.4, -0.2) is 43.8 Å². The first-order valence-electron chi connectivity index (χ1n) is 9.16. The van der Waals surface area contributed by atoms with Gasteiger partial charge in [0.1, 0.15) is 17.6 Å². The zero-order chi connectivity index (χ0) is 21.3. The van der Waals surface area contributed by atoms with Crippen molar-refractivity contribution in [2.75, 3.05) is 26.7 Å². The Balaban J connectivity index is 0.00000450. The molecule has 0 amide bonds. The first-order chi connectivity index (χ1) is 13.8. The van der Waals surface area contributed by atoms with E-state index in [0.29, 0.717) is 48.5 Å². The Morgan fingerprint density at radius 1 is 1.27 bits per heavy atom. The molecule has 1 heterocycles. The molecule has 0 saturated carbocycles.